The summed E-state index contributed by atoms with van der Waals surface area (Å²) in [5.74, 6) is -1.24. The van der Waals surface area contributed by atoms with Gasteiger partial charge in [0.15, 0.2) is 0 Å². The predicted octanol–water partition coefficient (Wildman–Crippen LogP) is 2.15. The van der Waals surface area contributed by atoms with Gasteiger partial charge in [-0.2, -0.15) is 0 Å². The zero-order valence-corrected chi connectivity index (χ0v) is 17.5. The summed E-state index contributed by atoms with van der Waals surface area (Å²) >= 11 is 0. The van der Waals surface area contributed by atoms with E-state index in [0.717, 1.165) is 31.2 Å². The number of nitrogens with one attached hydrogen (secondary N) is 1. The van der Waals surface area contributed by atoms with Crippen LogP contribution in [0, 0.1) is 18.8 Å². The molecule has 0 spiro atoms. The summed E-state index contributed by atoms with van der Waals surface area (Å²) in [5, 5.41) is 2.73. The molecule has 7 heteroatoms. The molecule has 162 valence electrons. The SMILES string of the molecule is Cc1ccc(CCC(=O)NCCOC(=O)CCN2C(=O)C3CCCCC3C2=O)cc1. The van der Waals surface area contributed by atoms with Crippen molar-refractivity contribution in [2.24, 2.45) is 11.8 Å². The number of carbonyl (C=O) groups excluding carboxylic acids is 4. The van der Waals surface area contributed by atoms with Crippen LogP contribution in [-0.4, -0.2) is 48.3 Å². The number of likely N-dealkylation sites (tertiary alicyclic amines) is 1. The van der Waals surface area contributed by atoms with E-state index in [1.807, 2.05) is 31.2 Å². The van der Waals surface area contributed by atoms with Crippen molar-refractivity contribution in [3.8, 4) is 0 Å². The minimum Gasteiger partial charge on any atom is -0.464 e. The van der Waals surface area contributed by atoms with Gasteiger partial charge in [-0.25, -0.2) is 0 Å². The van der Waals surface area contributed by atoms with Gasteiger partial charge in [0.05, 0.1) is 24.8 Å². The zero-order chi connectivity index (χ0) is 21.5. The highest BCUT2D eigenvalue weighted by atomic mass is 16.5. The van der Waals surface area contributed by atoms with Crippen molar-refractivity contribution in [1.29, 1.82) is 0 Å². The fourth-order valence-corrected chi connectivity index (χ4v) is 4.18. The standard InChI is InChI=1S/C23H30N2O5/c1-16-6-8-17(9-7-16)10-11-20(26)24-13-15-30-21(27)12-14-25-22(28)18-4-2-3-5-19(18)23(25)29/h6-9,18-19H,2-5,10-15H2,1H3,(H,24,26). The lowest BCUT2D eigenvalue weighted by atomic mass is 9.81. The lowest BCUT2D eigenvalue weighted by Gasteiger charge is -2.19. The summed E-state index contributed by atoms with van der Waals surface area (Å²) in [7, 11) is 0. The number of aryl methyl sites for hydroxylation is 2. The van der Waals surface area contributed by atoms with E-state index in [-0.39, 0.29) is 55.7 Å². The van der Waals surface area contributed by atoms with Gasteiger partial charge in [0, 0.05) is 13.0 Å². The van der Waals surface area contributed by atoms with Crippen molar-refractivity contribution in [2.75, 3.05) is 19.7 Å². The number of hydrogen-bond donors (Lipinski definition) is 1. The van der Waals surface area contributed by atoms with E-state index in [2.05, 4.69) is 5.32 Å². The third kappa shape index (κ3) is 5.68. The topological polar surface area (TPSA) is 92.8 Å². The van der Waals surface area contributed by atoms with E-state index in [4.69, 9.17) is 4.74 Å². The van der Waals surface area contributed by atoms with Crippen LogP contribution < -0.4 is 5.32 Å². The van der Waals surface area contributed by atoms with Gasteiger partial charge in [0.1, 0.15) is 6.61 Å². The van der Waals surface area contributed by atoms with Gasteiger partial charge in [-0.05, 0) is 31.7 Å². The highest BCUT2D eigenvalue weighted by molar-refractivity contribution is 6.05. The Labute approximate surface area is 177 Å². The van der Waals surface area contributed by atoms with E-state index in [0.29, 0.717) is 12.8 Å². The monoisotopic (exact) mass is 414 g/mol. The molecule has 2 atom stereocenters. The lowest BCUT2D eigenvalue weighted by molar-refractivity contribution is -0.146. The molecular weight excluding hydrogens is 384 g/mol. The first kappa shape index (κ1) is 22.0. The average molecular weight is 415 g/mol. The van der Waals surface area contributed by atoms with Gasteiger partial charge in [-0.15, -0.1) is 0 Å². The molecule has 0 radical (unpaired) electrons. The number of nitrogens with zero attached hydrogens (tertiary/aromatic N) is 1. The molecule has 2 aliphatic rings. The van der Waals surface area contributed by atoms with Gasteiger partial charge in [0.25, 0.3) is 0 Å². The highest BCUT2D eigenvalue weighted by Gasteiger charge is 2.47. The largest absolute Gasteiger partial charge is 0.464 e. The van der Waals surface area contributed by atoms with Crippen molar-refractivity contribution in [2.45, 2.75) is 51.9 Å². The molecule has 1 aromatic carbocycles. The molecule has 1 N–H and O–H groups in total. The molecule has 3 rings (SSSR count). The number of imide groups is 1. The molecule has 1 saturated heterocycles. The summed E-state index contributed by atoms with van der Waals surface area (Å²) in [4.78, 5) is 49.8. The molecule has 1 saturated carbocycles. The maximum Gasteiger partial charge on any atom is 0.307 e. The van der Waals surface area contributed by atoms with E-state index in [1.165, 1.54) is 10.5 Å². The number of fused-ring (bicyclic) bond motifs is 1. The molecule has 3 amide bonds. The quantitative estimate of drug-likeness (QED) is 0.380. The third-order valence-corrected chi connectivity index (χ3v) is 5.92. The maximum absolute atomic E-state index is 12.4. The van der Waals surface area contributed by atoms with Crippen molar-refractivity contribution in [3.63, 3.8) is 0 Å². The van der Waals surface area contributed by atoms with Gasteiger partial charge in [0.2, 0.25) is 17.7 Å². The van der Waals surface area contributed by atoms with Crippen molar-refractivity contribution < 1.29 is 23.9 Å². The van der Waals surface area contributed by atoms with Crippen LogP contribution in [0.2, 0.25) is 0 Å². The third-order valence-electron chi connectivity index (χ3n) is 5.92. The van der Waals surface area contributed by atoms with Gasteiger partial charge in [-0.3, -0.25) is 24.1 Å². The lowest BCUT2D eigenvalue weighted by Crippen LogP contribution is -2.34. The molecule has 7 nitrogen and oxygen atoms in total. The van der Waals surface area contributed by atoms with E-state index < -0.39 is 5.97 Å². The van der Waals surface area contributed by atoms with Crippen molar-refractivity contribution >= 4 is 23.7 Å². The van der Waals surface area contributed by atoms with Crippen LogP contribution in [-0.2, 0) is 30.3 Å². The molecule has 2 fully saturated rings. The minimum absolute atomic E-state index is 0.0156. The molecule has 2 unspecified atom stereocenters. The summed E-state index contributed by atoms with van der Waals surface area (Å²) in [5.41, 5.74) is 2.29. The van der Waals surface area contributed by atoms with Crippen LogP contribution in [0.5, 0.6) is 0 Å². The second-order valence-corrected chi connectivity index (χ2v) is 8.13. The number of carbonyl (C=O) groups is 4. The number of ether oxygens (including phenoxy) is 1. The van der Waals surface area contributed by atoms with E-state index in [1.54, 1.807) is 0 Å². The van der Waals surface area contributed by atoms with Crippen LogP contribution in [0.25, 0.3) is 0 Å². The van der Waals surface area contributed by atoms with Crippen LogP contribution in [0.1, 0.15) is 49.7 Å². The Bertz CT molecular complexity index is 765. The Morgan fingerprint density at radius 2 is 1.67 bits per heavy atom. The van der Waals surface area contributed by atoms with Gasteiger partial charge < -0.3 is 10.1 Å². The number of rotatable bonds is 9. The molecule has 1 heterocycles. The fraction of sp³-hybridized carbons (Fsp3) is 0.565. The predicted molar refractivity (Wildman–Crippen MR) is 110 cm³/mol. The Hall–Kier alpha value is -2.70. The zero-order valence-electron chi connectivity index (χ0n) is 17.5. The van der Waals surface area contributed by atoms with Crippen LogP contribution in [0.4, 0.5) is 0 Å². The Balaban J connectivity index is 1.28. The fourth-order valence-electron chi connectivity index (χ4n) is 4.18. The van der Waals surface area contributed by atoms with E-state index >= 15 is 0 Å². The molecular formula is C23H30N2O5. The average Bonchev–Trinajstić information content (AvgIpc) is 2.99. The normalized spacial score (nSPS) is 20.8. The number of hydrogen-bond acceptors (Lipinski definition) is 5. The van der Waals surface area contributed by atoms with Crippen LogP contribution in [0.3, 0.4) is 0 Å². The van der Waals surface area contributed by atoms with Gasteiger partial charge >= 0.3 is 5.97 Å². The van der Waals surface area contributed by atoms with Crippen molar-refractivity contribution in [3.05, 3.63) is 35.4 Å². The minimum atomic E-state index is -0.473. The van der Waals surface area contributed by atoms with Crippen LogP contribution >= 0.6 is 0 Å². The first-order chi connectivity index (χ1) is 14.5. The first-order valence-electron chi connectivity index (χ1n) is 10.8. The number of esters is 1. The highest BCUT2D eigenvalue weighted by Crippen LogP contribution is 2.37. The molecule has 1 aliphatic carbocycles. The summed E-state index contributed by atoms with van der Waals surface area (Å²) in [6.45, 7) is 2.41. The molecule has 30 heavy (non-hydrogen) atoms. The Morgan fingerprint density at radius 3 is 2.30 bits per heavy atom. The molecule has 1 aliphatic heterocycles. The summed E-state index contributed by atoms with van der Waals surface area (Å²) in [6.07, 6.45) is 4.50. The molecule has 1 aromatic rings. The number of amides is 3. The molecule has 0 aromatic heterocycles. The summed E-state index contributed by atoms with van der Waals surface area (Å²) in [6, 6.07) is 8.05. The first-order valence-corrected chi connectivity index (χ1v) is 10.8. The van der Waals surface area contributed by atoms with E-state index in [9.17, 15) is 19.2 Å². The Morgan fingerprint density at radius 1 is 1.03 bits per heavy atom. The van der Waals surface area contributed by atoms with Crippen molar-refractivity contribution in [1.82, 2.24) is 10.2 Å². The van der Waals surface area contributed by atoms with Gasteiger partial charge in [-0.1, -0.05) is 42.7 Å². The smallest absolute Gasteiger partial charge is 0.307 e. The molecule has 0 bridgehead atoms. The second kappa shape index (κ2) is 10.4. The Kier molecular flexibility index (Phi) is 7.60. The second-order valence-electron chi connectivity index (χ2n) is 8.13. The maximum atomic E-state index is 12.4. The number of benzene rings is 1. The summed E-state index contributed by atoms with van der Waals surface area (Å²) < 4.78 is 5.11. The van der Waals surface area contributed by atoms with Crippen LogP contribution in [0.15, 0.2) is 24.3 Å².